The van der Waals surface area contributed by atoms with E-state index in [2.05, 4.69) is 32.0 Å². The number of hydrogen-bond acceptors (Lipinski definition) is 2. The Labute approximate surface area is 110 Å². The zero-order valence-corrected chi connectivity index (χ0v) is 11.6. The molecule has 1 aliphatic heterocycles. The van der Waals surface area contributed by atoms with E-state index in [0.717, 1.165) is 25.9 Å². The van der Waals surface area contributed by atoms with Crippen LogP contribution in [0.15, 0.2) is 18.2 Å². The van der Waals surface area contributed by atoms with Crippen molar-refractivity contribution >= 4 is 0 Å². The van der Waals surface area contributed by atoms with Crippen molar-refractivity contribution in [3.63, 3.8) is 0 Å². The molecule has 0 radical (unpaired) electrons. The van der Waals surface area contributed by atoms with Crippen LogP contribution in [0.4, 0.5) is 0 Å². The van der Waals surface area contributed by atoms with Crippen LogP contribution in [-0.4, -0.2) is 12.9 Å². The largest absolute Gasteiger partial charge is 0.353 e. The van der Waals surface area contributed by atoms with E-state index in [4.69, 9.17) is 9.47 Å². The Morgan fingerprint density at radius 1 is 1.17 bits per heavy atom. The molecule has 18 heavy (non-hydrogen) atoms. The number of ether oxygens (including phenoxy) is 2. The summed E-state index contributed by atoms with van der Waals surface area (Å²) in [5.41, 5.74) is 4.12. The van der Waals surface area contributed by atoms with Crippen LogP contribution in [0.5, 0.6) is 0 Å². The summed E-state index contributed by atoms with van der Waals surface area (Å²) in [6.07, 6.45) is 5.60. The van der Waals surface area contributed by atoms with Gasteiger partial charge in [-0.15, -0.1) is 0 Å². The van der Waals surface area contributed by atoms with Crippen molar-refractivity contribution < 1.29 is 9.47 Å². The molecule has 2 heteroatoms. The first kappa shape index (κ1) is 13.6. The lowest BCUT2D eigenvalue weighted by molar-refractivity contribution is -0.169. The van der Waals surface area contributed by atoms with E-state index in [0.29, 0.717) is 6.61 Å². The monoisotopic (exact) mass is 248 g/mol. The van der Waals surface area contributed by atoms with Crippen molar-refractivity contribution in [3.8, 4) is 0 Å². The fraction of sp³-hybridized carbons (Fsp3) is 0.625. The summed E-state index contributed by atoms with van der Waals surface area (Å²) in [7, 11) is 0. The lowest BCUT2D eigenvalue weighted by atomic mass is 10.0. The fourth-order valence-electron chi connectivity index (χ4n) is 2.39. The Morgan fingerprint density at radius 3 is 2.72 bits per heavy atom. The van der Waals surface area contributed by atoms with E-state index >= 15 is 0 Å². The molecule has 0 aliphatic carbocycles. The van der Waals surface area contributed by atoms with Crippen molar-refractivity contribution in [2.24, 2.45) is 0 Å². The van der Waals surface area contributed by atoms with Crippen molar-refractivity contribution in [1.82, 2.24) is 0 Å². The molecule has 1 heterocycles. The number of benzene rings is 1. The minimum absolute atomic E-state index is 0.00862. The normalized spacial score (nSPS) is 20.0. The summed E-state index contributed by atoms with van der Waals surface area (Å²) in [5.74, 6) is 0. The summed E-state index contributed by atoms with van der Waals surface area (Å²) in [5, 5.41) is 0. The highest BCUT2D eigenvalue weighted by Gasteiger charge is 2.14. The van der Waals surface area contributed by atoms with E-state index in [-0.39, 0.29) is 6.29 Å². The number of hydrogen-bond donors (Lipinski definition) is 0. The molecule has 1 fully saturated rings. The third-order valence-corrected chi connectivity index (χ3v) is 3.62. The molecule has 2 rings (SSSR count). The number of rotatable bonds is 5. The van der Waals surface area contributed by atoms with Gasteiger partial charge in [-0.05, 0) is 48.8 Å². The van der Waals surface area contributed by atoms with Gasteiger partial charge in [0.15, 0.2) is 6.29 Å². The van der Waals surface area contributed by atoms with Gasteiger partial charge in [0.2, 0.25) is 0 Å². The van der Waals surface area contributed by atoms with Gasteiger partial charge >= 0.3 is 0 Å². The van der Waals surface area contributed by atoms with Crippen LogP contribution < -0.4 is 0 Å². The van der Waals surface area contributed by atoms with Gasteiger partial charge in [0.05, 0.1) is 6.61 Å². The number of aryl methyl sites for hydroxylation is 2. The standard InChI is InChI=1S/C16H24O2/c1-3-13-8-9-15(14(4-2)11-13)12-18-16-7-5-6-10-17-16/h8-9,11,16H,3-7,10,12H2,1-2H3. The van der Waals surface area contributed by atoms with Gasteiger partial charge in [-0.1, -0.05) is 32.0 Å². The third-order valence-electron chi connectivity index (χ3n) is 3.62. The Balaban J connectivity index is 1.95. The first-order chi connectivity index (χ1) is 8.83. The van der Waals surface area contributed by atoms with Crippen molar-refractivity contribution in [2.45, 2.75) is 58.8 Å². The van der Waals surface area contributed by atoms with Crippen LogP contribution in [0.1, 0.15) is 49.8 Å². The fourth-order valence-corrected chi connectivity index (χ4v) is 2.39. The van der Waals surface area contributed by atoms with Crippen LogP contribution in [0.2, 0.25) is 0 Å². The zero-order valence-electron chi connectivity index (χ0n) is 11.6. The maximum absolute atomic E-state index is 5.86. The predicted molar refractivity (Wildman–Crippen MR) is 73.6 cm³/mol. The van der Waals surface area contributed by atoms with E-state index in [1.54, 1.807) is 0 Å². The molecule has 0 bridgehead atoms. The van der Waals surface area contributed by atoms with Crippen molar-refractivity contribution in [3.05, 3.63) is 34.9 Å². The molecule has 0 spiro atoms. The molecule has 0 saturated carbocycles. The topological polar surface area (TPSA) is 18.5 Å². The Hall–Kier alpha value is -0.860. The zero-order chi connectivity index (χ0) is 12.8. The van der Waals surface area contributed by atoms with Gasteiger partial charge < -0.3 is 9.47 Å². The summed E-state index contributed by atoms with van der Waals surface area (Å²) in [4.78, 5) is 0. The average molecular weight is 248 g/mol. The molecule has 0 N–H and O–H groups in total. The summed E-state index contributed by atoms with van der Waals surface area (Å²) < 4.78 is 11.5. The van der Waals surface area contributed by atoms with E-state index in [1.165, 1.54) is 29.5 Å². The first-order valence-electron chi connectivity index (χ1n) is 7.17. The van der Waals surface area contributed by atoms with Crippen molar-refractivity contribution in [1.29, 1.82) is 0 Å². The van der Waals surface area contributed by atoms with Crippen LogP contribution in [0, 0.1) is 0 Å². The van der Waals surface area contributed by atoms with Gasteiger partial charge in [0.25, 0.3) is 0 Å². The molecule has 1 saturated heterocycles. The second-order valence-corrected chi connectivity index (χ2v) is 4.92. The maximum atomic E-state index is 5.86. The lowest BCUT2D eigenvalue weighted by Crippen LogP contribution is -2.22. The van der Waals surface area contributed by atoms with E-state index in [1.807, 2.05) is 0 Å². The van der Waals surface area contributed by atoms with E-state index < -0.39 is 0 Å². The SMILES string of the molecule is CCc1ccc(COC2CCCCO2)c(CC)c1. The maximum Gasteiger partial charge on any atom is 0.158 e. The average Bonchev–Trinajstić information content (AvgIpc) is 2.46. The second kappa shape index (κ2) is 6.91. The first-order valence-corrected chi connectivity index (χ1v) is 7.17. The molecule has 1 atom stereocenters. The Bertz CT molecular complexity index is 367. The second-order valence-electron chi connectivity index (χ2n) is 4.92. The molecule has 0 amide bonds. The quantitative estimate of drug-likeness (QED) is 0.788. The van der Waals surface area contributed by atoms with Gasteiger partial charge in [0, 0.05) is 6.61 Å². The van der Waals surface area contributed by atoms with Gasteiger partial charge in [-0.3, -0.25) is 0 Å². The Kier molecular flexibility index (Phi) is 5.21. The molecule has 1 aliphatic rings. The van der Waals surface area contributed by atoms with Crippen LogP contribution in [-0.2, 0) is 28.9 Å². The third kappa shape index (κ3) is 3.56. The summed E-state index contributed by atoms with van der Waals surface area (Å²) >= 11 is 0. The van der Waals surface area contributed by atoms with Gasteiger partial charge in [0.1, 0.15) is 0 Å². The molecule has 100 valence electrons. The van der Waals surface area contributed by atoms with Crippen LogP contribution in [0.3, 0.4) is 0 Å². The molecule has 0 aromatic heterocycles. The minimum Gasteiger partial charge on any atom is -0.353 e. The minimum atomic E-state index is 0.00862. The summed E-state index contributed by atoms with van der Waals surface area (Å²) in [6, 6.07) is 6.72. The van der Waals surface area contributed by atoms with Crippen molar-refractivity contribution in [2.75, 3.05) is 6.61 Å². The highest BCUT2D eigenvalue weighted by Crippen LogP contribution is 2.19. The molecular weight excluding hydrogens is 224 g/mol. The van der Waals surface area contributed by atoms with Crippen LogP contribution in [0.25, 0.3) is 0 Å². The molecule has 2 nitrogen and oxygen atoms in total. The molecule has 1 aromatic rings. The van der Waals surface area contributed by atoms with Gasteiger partial charge in [-0.2, -0.15) is 0 Å². The Morgan fingerprint density at radius 2 is 2.06 bits per heavy atom. The molecule has 1 unspecified atom stereocenters. The van der Waals surface area contributed by atoms with Crippen LogP contribution >= 0.6 is 0 Å². The lowest BCUT2D eigenvalue weighted by Gasteiger charge is -2.23. The van der Waals surface area contributed by atoms with E-state index in [9.17, 15) is 0 Å². The van der Waals surface area contributed by atoms with Gasteiger partial charge in [-0.25, -0.2) is 0 Å². The highest BCUT2D eigenvalue weighted by molar-refractivity contribution is 5.31. The highest BCUT2D eigenvalue weighted by atomic mass is 16.7. The smallest absolute Gasteiger partial charge is 0.158 e. The predicted octanol–water partition coefficient (Wildman–Crippen LogP) is 3.85. The molecular formula is C16H24O2. The summed E-state index contributed by atoms with van der Waals surface area (Å²) in [6.45, 7) is 5.92. The molecule has 1 aromatic carbocycles.